The Bertz CT molecular complexity index is 1230. The van der Waals surface area contributed by atoms with Crippen LogP contribution >= 0.6 is 0 Å². The van der Waals surface area contributed by atoms with E-state index in [1.54, 1.807) is 12.4 Å². The highest BCUT2D eigenvalue weighted by Crippen LogP contribution is 2.28. The topological polar surface area (TPSA) is 120 Å². The van der Waals surface area contributed by atoms with Gasteiger partial charge in [-0.05, 0) is 30.3 Å². The van der Waals surface area contributed by atoms with Gasteiger partial charge in [0, 0.05) is 75.3 Å². The Kier molecular flexibility index (Phi) is 8.05. The van der Waals surface area contributed by atoms with Gasteiger partial charge < -0.3 is 24.8 Å². The van der Waals surface area contributed by atoms with E-state index in [0.29, 0.717) is 42.7 Å². The van der Waals surface area contributed by atoms with Crippen molar-refractivity contribution in [1.82, 2.24) is 19.9 Å². The molecule has 3 aromatic rings. The van der Waals surface area contributed by atoms with Gasteiger partial charge in [-0.25, -0.2) is 15.0 Å². The molecule has 192 valence electrons. The van der Waals surface area contributed by atoms with Gasteiger partial charge in [0.15, 0.2) is 0 Å². The number of rotatable bonds is 8. The van der Waals surface area contributed by atoms with Crippen molar-refractivity contribution in [3.8, 4) is 23.1 Å². The Labute approximate surface area is 216 Å². The molecule has 1 aromatic carbocycles. The molecule has 4 heterocycles. The van der Waals surface area contributed by atoms with Crippen LogP contribution in [0.15, 0.2) is 48.8 Å². The van der Waals surface area contributed by atoms with Crippen molar-refractivity contribution >= 4 is 17.5 Å². The van der Waals surface area contributed by atoms with E-state index in [4.69, 9.17) is 14.6 Å². The lowest BCUT2D eigenvalue weighted by atomic mass is 10.1. The molecule has 2 aromatic heterocycles. The van der Waals surface area contributed by atoms with Crippen LogP contribution in [0.5, 0.6) is 5.75 Å². The molecule has 0 unspecified atom stereocenters. The van der Waals surface area contributed by atoms with Crippen LogP contribution in [0.2, 0.25) is 0 Å². The number of anilines is 3. The van der Waals surface area contributed by atoms with Crippen molar-refractivity contribution in [3.63, 3.8) is 0 Å². The predicted molar refractivity (Wildman–Crippen MR) is 140 cm³/mol. The van der Waals surface area contributed by atoms with Crippen LogP contribution in [0.4, 0.5) is 17.5 Å². The van der Waals surface area contributed by atoms with Crippen molar-refractivity contribution < 1.29 is 14.6 Å². The highest BCUT2D eigenvalue weighted by Gasteiger charge is 2.19. The third kappa shape index (κ3) is 6.32. The number of ether oxygens (including phenoxy) is 2. The largest absolute Gasteiger partial charge is 0.489 e. The number of aliphatic hydroxyl groups excluding tert-OH is 1. The van der Waals surface area contributed by atoms with E-state index in [2.05, 4.69) is 36.1 Å². The standard InChI is InChI=1S/C27H31N7O3/c28-19-21-17-20(1-2-25(21)37-23-5-15-36-16-6-23)24-4-8-30-27(32-24)31-22-3-7-29-26(18-22)34-11-9-33(10-12-34)13-14-35/h1-4,7-8,17-18,23,35H,5-6,9-16H2,(H,29,30,31,32). The van der Waals surface area contributed by atoms with Crippen LogP contribution in [-0.2, 0) is 4.74 Å². The number of piperazine rings is 1. The molecule has 2 fully saturated rings. The molecule has 10 nitrogen and oxygen atoms in total. The molecule has 2 aliphatic rings. The fourth-order valence-corrected chi connectivity index (χ4v) is 4.57. The number of benzene rings is 1. The number of aromatic nitrogens is 3. The molecule has 2 saturated heterocycles. The van der Waals surface area contributed by atoms with Crippen LogP contribution in [0.3, 0.4) is 0 Å². The maximum absolute atomic E-state index is 9.72. The highest BCUT2D eigenvalue weighted by atomic mass is 16.5. The van der Waals surface area contributed by atoms with Crippen LogP contribution in [0.25, 0.3) is 11.3 Å². The van der Waals surface area contributed by atoms with Crippen LogP contribution in [0.1, 0.15) is 18.4 Å². The number of nitrogens with zero attached hydrogens (tertiary/aromatic N) is 6. The van der Waals surface area contributed by atoms with Gasteiger partial charge in [0.1, 0.15) is 23.7 Å². The average Bonchev–Trinajstić information content (AvgIpc) is 2.95. The fraction of sp³-hybridized carbons (Fsp3) is 0.407. The molecule has 0 amide bonds. The van der Waals surface area contributed by atoms with E-state index in [-0.39, 0.29) is 12.7 Å². The Morgan fingerprint density at radius 1 is 1.05 bits per heavy atom. The summed E-state index contributed by atoms with van der Waals surface area (Å²) in [5.74, 6) is 1.94. The minimum absolute atomic E-state index is 0.0659. The molecule has 5 rings (SSSR count). The van der Waals surface area contributed by atoms with Crippen molar-refractivity contribution in [3.05, 3.63) is 54.4 Å². The van der Waals surface area contributed by atoms with Gasteiger partial charge in [-0.2, -0.15) is 5.26 Å². The maximum Gasteiger partial charge on any atom is 0.227 e. The molecule has 0 aliphatic carbocycles. The Morgan fingerprint density at radius 3 is 2.65 bits per heavy atom. The predicted octanol–water partition coefficient (Wildman–Crippen LogP) is 2.83. The van der Waals surface area contributed by atoms with E-state index in [1.807, 2.05) is 36.4 Å². The molecule has 37 heavy (non-hydrogen) atoms. The molecule has 0 radical (unpaired) electrons. The van der Waals surface area contributed by atoms with Crippen molar-refractivity contribution in [1.29, 1.82) is 5.26 Å². The average molecular weight is 502 g/mol. The van der Waals surface area contributed by atoms with Crippen molar-refractivity contribution in [2.75, 3.05) is 62.8 Å². The highest BCUT2D eigenvalue weighted by molar-refractivity contribution is 5.66. The Hall–Kier alpha value is -3.78. The zero-order valence-electron chi connectivity index (χ0n) is 20.7. The normalized spacial score (nSPS) is 16.8. The zero-order valence-corrected chi connectivity index (χ0v) is 20.7. The quantitative estimate of drug-likeness (QED) is 0.477. The lowest BCUT2D eigenvalue weighted by Gasteiger charge is -2.35. The minimum Gasteiger partial charge on any atom is -0.489 e. The maximum atomic E-state index is 9.72. The molecule has 0 spiro atoms. The zero-order chi connectivity index (χ0) is 25.5. The monoisotopic (exact) mass is 501 g/mol. The van der Waals surface area contributed by atoms with Gasteiger partial charge in [-0.15, -0.1) is 0 Å². The van der Waals surface area contributed by atoms with Crippen molar-refractivity contribution in [2.24, 2.45) is 0 Å². The number of hydrogen-bond donors (Lipinski definition) is 2. The summed E-state index contributed by atoms with van der Waals surface area (Å²) < 4.78 is 11.5. The lowest BCUT2D eigenvalue weighted by Crippen LogP contribution is -2.47. The smallest absolute Gasteiger partial charge is 0.227 e. The fourth-order valence-electron chi connectivity index (χ4n) is 4.57. The summed E-state index contributed by atoms with van der Waals surface area (Å²) >= 11 is 0. The van der Waals surface area contributed by atoms with Gasteiger partial charge in [0.25, 0.3) is 0 Å². The summed E-state index contributed by atoms with van der Waals surface area (Å²) in [4.78, 5) is 18.1. The summed E-state index contributed by atoms with van der Waals surface area (Å²) in [6.45, 7) is 5.77. The van der Waals surface area contributed by atoms with E-state index < -0.39 is 0 Å². The SMILES string of the molecule is N#Cc1cc(-c2ccnc(Nc3ccnc(N4CCN(CCO)CC4)c3)n2)ccc1OC1CCOCC1. The van der Waals surface area contributed by atoms with Gasteiger partial charge >= 0.3 is 0 Å². The third-order valence-corrected chi connectivity index (χ3v) is 6.63. The summed E-state index contributed by atoms with van der Waals surface area (Å²) in [6, 6.07) is 13.5. The first-order valence-corrected chi connectivity index (χ1v) is 12.6. The van der Waals surface area contributed by atoms with Crippen LogP contribution in [-0.4, -0.2) is 83.6 Å². The first kappa shape index (κ1) is 24.9. The molecular formula is C27H31N7O3. The minimum atomic E-state index is 0.0659. The number of pyridine rings is 1. The molecular weight excluding hydrogens is 470 g/mol. The number of nitrogens with one attached hydrogen (secondary N) is 1. The van der Waals surface area contributed by atoms with Crippen LogP contribution < -0.4 is 15.0 Å². The molecule has 10 heteroatoms. The van der Waals surface area contributed by atoms with Crippen LogP contribution in [0, 0.1) is 11.3 Å². The second-order valence-corrected chi connectivity index (χ2v) is 9.10. The Morgan fingerprint density at radius 2 is 1.86 bits per heavy atom. The summed E-state index contributed by atoms with van der Waals surface area (Å²) in [7, 11) is 0. The van der Waals surface area contributed by atoms with E-state index >= 15 is 0 Å². The number of β-amino-alcohol motifs (C(OH)–C–C–N with tert-alkyl or cyclic N) is 1. The third-order valence-electron chi connectivity index (χ3n) is 6.63. The second-order valence-electron chi connectivity index (χ2n) is 9.10. The molecule has 2 N–H and O–H groups in total. The molecule has 0 saturated carbocycles. The first-order valence-electron chi connectivity index (χ1n) is 12.6. The first-order chi connectivity index (χ1) is 18.2. The number of nitriles is 1. The molecule has 0 bridgehead atoms. The van der Waals surface area contributed by atoms with E-state index in [0.717, 1.165) is 56.1 Å². The van der Waals surface area contributed by atoms with Gasteiger partial charge in [0.05, 0.1) is 31.1 Å². The van der Waals surface area contributed by atoms with Gasteiger partial charge in [-0.1, -0.05) is 0 Å². The van der Waals surface area contributed by atoms with Crippen molar-refractivity contribution in [2.45, 2.75) is 18.9 Å². The summed E-state index contributed by atoms with van der Waals surface area (Å²) in [5, 5.41) is 22.2. The molecule has 0 atom stereocenters. The number of hydrogen-bond acceptors (Lipinski definition) is 10. The summed E-state index contributed by atoms with van der Waals surface area (Å²) in [5.41, 5.74) is 2.85. The number of aliphatic hydroxyl groups is 1. The second kappa shape index (κ2) is 12.0. The van der Waals surface area contributed by atoms with Gasteiger partial charge in [-0.3, -0.25) is 4.90 Å². The Balaban J connectivity index is 1.27. The van der Waals surface area contributed by atoms with E-state index in [9.17, 15) is 5.26 Å². The van der Waals surface area contributed by atoms with Gasteiger partial charge in [0.2, 0.25) is 5.95 Å². The summed E-state index contributed by atoms with van der Waals surface area (Å²) in [6.07, 6.45) is 5.19. The molecule has 2 aliphatic heterocycles. The van der Waals surface area contributed by atoms with E-state index in [1.165, 1.54) is 0 Å². The lowest BCUT2D eigenvalue weighted by molar-refractivity contribution is 0.0254.